The predicted octanol–water partition coefficient (Wildman–Crippen LogP) is 1.81. The number of ether oxygens (including phenoxy) is 1. The molecule has 1 aromatic carbocycles. The van der Waals surface area contributed by atoms with Gasteiger partial charge in [0.25, 0.3) is 0 Å². The number of allylic oxidation sites excluding steroid dienone is 2. The minimum atomic E-state index is 0.255. The number of carbonyl (C=O) groups excluding carboxylic acids is 1. The van der Waals surface area contributed by atoms with E-state index in [1.54, 1.807) is 12.3 Å². The number of aromatic nitrogens is 2. The molecule has 2 aromatic rings. The summed E-state index contributed by atoms with van der Waals surface area (Å²) in [5.41, 5.74) is 2.73. The molecule has 2 heterocycles. The summed E-state index contributed by atoms with van der Waals surface area (Å²) in [6, 6.07) is 7.78. The second-order valence-corrected chi connectivity index (χ2v) is 6.45. The fraction of sp³-hybridized carbons (Fsp3) is 0.286. The molecule has 26 heavy (non-hydrogen) atoms. The van der Waals surface area contributed by atoms with Crippen LogP contribution in [0.5, 0.6) is 0 Å². The van der Waals surface area contributed by atoms with Crippen molar-refractivity contribution < 1.29 is 9.53 Å². The van der Waals surface area contributed by atoms with Gasteiger partial charge in [0.2, 0.25) is 5.95 Å². The van der Waals surface area contributed by atoms with Crippen molar-refractivity contribution in [3.8, 4) is 0 Å². The molecule has 0 N–H and O–H groups in total. The van der Waals surface area contributed by atoms with E-state index in [2.05, 4.69) is 28.4 Å². The van der Waals surface area contributed by atoms with Gasteiger partial charge in [-0.25, -0.2) is 9.97 Å². The summed E-state index contributed by atoms with van der Waals surface area (Å²) >= 11 is 0. The van der Waals surface area contributed by atoms with Crippen LogP contribution in [0.1, 0.15) is 29.8 Å². The second kappa shape index (κ2) is 8.06. The molecule has 1 aliphatic rings. The van der Waals surface area contributed by atoms with Crippen molar-refractivity contribution in [3.63, 3.8) is 0 Å². The van der Waals surface area contributed by atoms with Gasteiger partial charge in [-0.1, -0.05) is 36.9 Å². The molecule has 0 amide bonds. The van der Waals surface area contributed by atoms with Crippen molar-refractivity contribution in [2.75, 3.05) is 24.7 Å². The van der Waals surface area contributed by atoms with Gasteiger partial charge in [-0.05, 0) is 31.1 Å². The number of morpholine rings is 1. The third-order valence-corrected chi connectivity index (χ3v) is 4.50. The number of hydrogen-bond donors (Lipinski definition) is 0. The molecule has 0 unspecified atom stereocenters. The van der Waals surface area contributed by atoms with Gasteiger partial charge in [0, 0.05) is 23.5 Å². The average Bonchev–Trinajstić information content (AvgIpc) is 2.67. The summed E-state index contributed by atoms with van der Waals surface area (Å²) in [5, 5.41) is 1.57. The molecule has 0 aliphatic carbocycles. The molecular weight excluding hydrogens is 326 g/mol. The number of nitrogens with zero attached hydrogens (tertiary/aromatic N) is 3. The fourth-order valence-electron chi connectivity index (χ4n) is 2.89. The molecule has 3 rings (SSSR count). The van der Waals surface area contributed by atoms with Crippen LogP contribution in [0.25, 0.3) is 18.2 Å². The third kappa shape index (κ3) is 4.06. The molecule has 1 saturated heterocycles. The average molecular weight is 349 g/mol. The molecule has 0 spiro atoms. The Morgan fingerprint density at radius 1 is 1.42 bits per heavy atom. The highest BCUT2D eigenvalue weighted by Gasteiger charge is 2.20. The summed E-state index contributed by atoms with van der Waals surface area (Å²) in [5.74, 6) is 0.697. The van der Waals surface area contributed by atoms with E-state index in [0.717, 1.165) is 29.2 Å². The van der Waals surface area contributed by atoms with Gasteiger partial charge >= 0.3 is 0 Å². The van der Waals surface area contributed by atoms with Gasteiger partial charge in [-0.15, -0.1) is 0 Å². The Labute approximate surface area is 153 Å². The van der Waals surface area contributed by atoms with Gasteiger partial charge in [0.1, 0.15) is 6.29 Å². The molecule has 0 radical (unpaired) electrons. The van der Waals surface area contributed by atoms with E-state index in [1.807, 2.05) is 37.3 Å². The van der Waals surface area contributed by atoms with E-state index in [1.165, 1.54) is 0 Å². The summed E-state index contributed by atoms with van der Waals surface area (Å²) in [6.07, 6.45) is 6.61. The van der Waals surface area contributed by atoms with E-state index in [9.17, 15) is 4.79 Å². The number of aldehydes is 1. The fourth-order valence-corrected chi connectivity index (χ4v) is 2.89. The van der Waals surface area contributed by atoms with Crippen molar-refractivity contribution in [2.45, 2.75) is 19.9 Å². The summed E-state index contributed by atoms with van der Waals surface area (Å²) < 4.78 is 5.46. The highest BCUT2D eigenvalue weighted by atomic mass is 16.5. The summed E-state index contributed by atoms with van der Waals surface area (Å²) in [6.45, 7) is 10.3. The van der Waals surface area contributed by atoms with E-state index in [-0.39, 0.29) is 6.04 Å². The highest BCUT2D eigenvalue weighted by Crippen LogP contribution is 2.15. The maximum Gasteiger partial charge on any atom is 0.226 e. The number of hydrogen-bond acceptors (Lipinski definition) is 5. The zero-order valence-electron chi connectivity index (χ0n) is 15.2. The van der Waals surface area contributed by atoms with Gasteiger partial charge in [-0.3, -0.25) is 4.79 Å². The standard InChI is InChI=1S/C21H23N3O2/c1-15(19-6-4-5-18(11-19)13-25)7-8-20-12-22-21(23-17(20)3)24-9-10-26-14-16(24)2/h4-8,11-13,16H,3,9-10,14H2,1-2H3/b15-7+,20-8-/t16-/m0/s1. The first-order valence-electron chi connectivity index (χ1n) is 8.69. The molecule has 134 valence electrons. The van der Waals surface area contributed by atoms with Crippen LogP contribution in [0.15, 0.2) is 36.5 Å². The van der Waals surface area contributed by atoms with Crippen LogP contribution in [-0.4, -0.2) is 42.1 Å². The van der Waals surface area contributed by atoms with E-state index in [0.29, 0.717) is 30.1 Å². The lowest BCUT2D eigenvalue weighted by molar-refractivity contribution is 0.0980. The summed E-state index contributed by atoms with van der Waals surface area (Å²) in [4.78, 5) is 22.1. The van der Waals surface area contributed by atoms with Gasteiger partial charge in [0.05, 0.1) is 24.6 Å². The van der Waals surface area contributed by atoms with Crippen LogP contribution in [0.4, 0.5) is 5.95 Å². The Balaban J connectivity index is 1.86. The van der Waals surface area contributed by atoms with E-state index < -0.39 is 0 Å². The first kappa shape index (κ1) is 18.0. The molecule has 1 fully saturated rings. The van der Waals surface area contributed by atoms with Crippen molar-refractivity contribution in [3.05, 3.63) is 58.2 Å². The number of rotatable bonds is 4. The Morgan fingerprint density at radius 3 is 3.00 bits per heavy atom. The Bertz CT molecular complexity index is 937. The predicted molar refractivity (Wildman–Crippen MR) is 104 cm³/mol. The first-order chi connectivity index (χ1) is 12.6. The number of carbonyl (C=O) groups is 1. The highest BCUT2D eigenvalue weighted by molar-refractivity contribution is 5.79. The van der Waals surface area contributed by atoms with Crippen LogP contribution < -0.4 is 15.5 Å². The van der Waals surface area contributed by atoms with Gasteiger partial charge in [-0.2, -0.15) is 0 Å². The van der Waals surface area contributed by atoms with Gasteiger partial charge < -0.3 is 9.64 Å². The SMILES string of the molecule is C=c1nc(N2CCOC[C@@H]2C)nc/c1=C/C=C(\C)c1cccc(C=O)c1. The van der Waals surface area contributed by atoms with E-state index >= 15 is 0 Å². The largest absolute Gasteiger partial charge is 0.377 e. The van der Waals surface area contributed by atoms with Crippen LogP contribution >= 0.6 is 0 Å². The molecule has 1 atom stereocenters. The first-order valence-corrected chi connectivity index (χ1v) is 8.69. The lowest BCUT2D eigenvalue weighted by Crippen LogP contribution is -2.46. The monoisotopic (exact) mass is 349 g/mol. The zero-order valence-corrected chi connectivity index (χ0v) is 15.2. The van der Waals surface area contributed by atoms with Crippen LogP contribution in [0.3, 0.4) is 0 Å². The molecule has 0 bridgehead atoms. The Morgan fingerprint density at radius 2 is 2.27 bits per heavy atom. The second-order valence-electron chi connectivity index (χ2n) is 6.45. The lowest BCUT2D eigenvalue weighted by atomic mass is 10.0. The molecule has 1 aliphatic heterocycles. The Kier molecular flexibility index (Phi) is 5.58. The maximum absolute atomic E-state index is 10.9. The molecular formula is C21H23N3O2. The smallest absolute Gasteiger partial charge is 0.226 e. The van der Waals surface area contributed by atoms with E-state index in [4.69, 9.17) is 4.74 Å². The lowest BCUT2D eigenvalue weighted by Gasteiger charge is -2.33. The van der Waals surface area contributed by atoms with Crippen molar-refractivity contribution in [1.29, 1.82) is 0 Å². The Hall–Kier alpha value is -2.79. The third-order valence-electron chi connectivity index (χ3n) is 4.50. The van der Waals surface area contributed by atoms with Crippen molar-refractivity contribution >= 4 is 30.5 Å². The number of anilines is 1. The van der Waals surface area contributed by atoms with Gasteiger partial charge in [0.15, 0.2) is 0 Å². The number of benzene rings is 1. The normalized spacial score (nSPS) is 18.8. The van der Waals surface area contributed by atoms with Crippen molar-refractivity contribution in [1.82, 2.24) is 9.97 Å². The zero-order chi connectivity index (χ0) is 18.5. The summed E-state index contributed by atoms with van der Waals surface area (Å²) in [7, 11) is 0. The topological polar surface area (TPSA) is 55.3 Å². The quantitative estimate of drug-likeness (QED) is 0.788. The van der Waals surface area contributed by atoms with Crippen LogP contribution in [0.2, 0.25) is 0 Å². The molecule has 5 nitrogen and oxygen atoms in total. The molecule has 0 saturated carbocycles. The van der Waals surface area contributed by atoms with Crippen molar-refractivity contribution in [2.24, 2.45) is 0 Å². The maximum atomic E-state index is 10.9. The minimum Gasteiger partial charge on any atom is -0.377 e. The minimum absolute atomic E-state index is 0.255. The van der Waals surface area contributed by atoms with Crippen LogP contribution in [0, 0.1) is 0 Å². The molecule has 1 aromatic heterocycles. The van der Waals surface area contributed by atoms with Crippen LogP contribution in [-0.2, 0) is 4.74 Å². The molecule has 5 heteroatoms.